The molecule has 0 aliphatic heterocycles. The van der Waals surface area contributed by atoms with Crippen molar-refractivity contribution in [1.82, 2.24) is 54.4 Å². The molecule has 5 aromatic heterocycles. The zero-order chi connectivity index (χ0) is 52.5. The maximum atomic E-state index is 5.23. The Morgan fingerprint density at radius 3 is 1.00 bits per heavy atom. The van der Waals surface area contributed by atoms with Crippen LogP contribution in [0.3, 0.4) is 0 Å². The van der Waals surface area contributed by atoms with Gasteiger partial charge in [-0.2, -0.15) is 0 Å². The molecular weight excluding hydrogens is 971 g/mol. The Kier molecular flexibility index (Phi) is 11.9. The van der Waals surface area contributed by atoms with E-state index in [1.165, 1.54) is 0 Å². The normalized spacial score (nSPS) is 11.3. The Hall–Kier alpha value is -11.0. The van der Waals surface area contributed by atoms with Gasteiger partial charge in [-0.3, -0.25) is 4.98 Å². The molecule has 11 heteroatoms. The molecule has 0 aliphatic rings. The van der Waals surface area contributed by atoms with Crippen LogP contribution in [-0.2, 0) is 0 Å². The summed E-state index contributed by atoms with van der Waals surface area (Å²) in [4.78, 5) is 51.0. The van der Waals surface area contributed by atoms with Crippen molar-refractivity contribution in [3.05, 3.63) is 261 Å². The van der Waals surface area contributed by atoms with E-state index < -0.39 is 0 Å². The van der Waals surface area contributed by atoms with Gasteiger partial charge in [-0.05, 0) is 48.5 Å². The summed E-state index contributed by atoms with van der Waals surface area (Å²) in [6.45, 7) is 0. The Bertz CT molecular complexity index is 4350. The third-order valence-electron chi connectivity index (χ3n) is 13.9. The minimum Gasteiger partial charge on any atom is -0.309 e. The third kappa shape index (κ3) is 9.02. The van der Waals surface area contributed by atoms with E-state index in [2.05, 4.69) is 65.2 Å². The molecule has 0 saturated heterocycles. The molecule has 0 atom stereocenters. The van der Waals surface area contributed by atoms with Crippen molar-refractivity contribution < 1.29 is 0 Å². The average Bonchev–Trinajstić information content (AvgIpc) is 4.12. The first-order valence-electron chi connectivity index (χ1n) is 25.9. The number of para-hydroxylation sites is 1. The number of aromatic nitrogens is 11. The molecule has 79 heavy (non-hydrogen) atoms. The van der Waals surface area contributed by atoms with Crippen molar-refractivity contribution in [2.75, 3.05) is 0 Å². The Labute approximate surface area is 454 Å². The molecule has 5 heterocycles. The van der Waals surface area contributed by atoms with Gasteiger partial charge < -0.3 is 4.57 Å². The predicted molar refractivity (Wildman–Crippen MR) is 313 cm³/mol. The first kappa shape index (κ1) is 46.5. The SMILES string of the molecule is c1ccc(-c2nc(-c3ccccc3)nc(-c3ccc(-n4c5ccccc5c5cc(-c6nc(-c7ccccc7)nc(-c7ccccc7)n6)ccc54)c(-c4cnccc4-c4nc(-c5ccccc5)nc(-c5ccccc5)n4)c3)n2)cc1. The maximum absolute atomic E-state index is 5.23. The summed E-state index contributed by atoms with van der Waals surface area (Å²) in [5, 5.41) is 2.07. The molecule has 0 amide bonds. The van der Waals surface area contributed by atoms with Gasteiger partial charge in [0.15, 0.2) is 52.4 Å². The highest BCUT2D eigenvalue weighted by atomic mass is 15.1. The minimum atomic E-state index is 0.494. The quantitative estimate of drug-likeness (QED) is 0.123. The van der Waals surface area contributed by atoms with Crippen molar-refractivity contribution in [1.29, 1.82) is 0 Å². The smallest absolute Gasteiger partial charge is 0.164 e. The van der Waals surface area contributed by atoms with Gasteiger partial charge in [0.1, 0.15) is 0 Å². The van der Waals surface area contributed by atoms with Gasteiger partial charge in [0.25, 0.3) is 0 Å². The highest BCUT2D eigenvalue weighted by Gasteiger charge is 2.24. The summed E-state index contributed by atoms with van der Waals surface area (Å²) in [6, 6.07) is 83.5. The topological polar surface area (TPSA) is 134 Å². The summed E-state index contributed by atoms with van der Waals surface area (Å²) < 4.78 is 2.32. The fraction of sp³-hybridized carbons (Fsp3) is 0. The van der Waals surface area contributed by atoms with E-state index in [9.17, 15) is 0 Å². The van der Waals surface area contributed by atoms with Crippen molar-refractivity contribution >= 4 is 21.8 Å². The van der Waals surface area contributed by atoms with E-state index in [0.29, 0.717) is 52.4 Å². The van der Waals surface area contributed by atoms with E-state index in [1.54, 1.807) is 6.20 Å². The van der Waals surface area contributed by atoms with Crippen molar-refractivity contribution in [3.8, 4) is 119 Å². The van der Waals surface area contributed by atoms with Gasteiger partial charge in [-0.25, -0.2) is 44.9 Å². The van der Waals surface area contributed by atoms with Gasteiger partial charge in [0.05, 0.1) is 16.7 Å². The van der Waals surface area contributed by atoms with Crippen molar-refractivity contribution in [2.45, 2.75) is 0 Å². The van der Waals surface area contributed by atoms with E-state index in [4.69, 9.17) is 49.8 Å². The molecule has 14 aromatic rings. The molecule has 9 aromatic carbocycles. The number of rotatable bonds is 11. The fourth-order valence-corrected chi connectivity index (χ4v) is 10.1. The molecule has 0 radical (unpaired) electrons. The number of hydrogen-bond acceptors (Lipinski definition) is 10. The molecule has 0 fully saturated rings. The third-order valence-corrected chi connectivity index (χ3v) is 13.9. The monoisotopic (exact) mass is 1010 g/mol. The summed E-state index contributed by atoms with van der Waals surface area (Å²) >= 11 is 0. The van der Waals surface area contributed by atoms with Crippen LogP contribution in [0.15, 0.2) is 261 Å². The first-order chi connectivity index (χ1) is 39.1. The highest BCUT2D eigenvalue weighted by molar-refractivity contribution is 6.11. The van der Waals surface area contributed by atoms with Crippen LogP contribution in [0.2, 0.25) is 0 Å². The van der Waals surface area contributed by atoms with E-state index >= 15 is 0 Å². The standard InChI is InChI=1S/C68H43N11/c1-7-21-44(22-8-1)60-70-61(45-23-9-2-10-24-45)74-66(73-60)50-35-37-58-54(41-50)52-33-19-20-34-57(52)79(58)59-38-36-51(67-75-62(46-25-11-3-12-26-46)71-63(76-67)47-27-13-4-14-28-47)42-55(59)56-43-69-40-39-53(56)68-77-64(48-29-15-5-16-30-48)72-65(78-68)49-31-17-6-18-32-49/h1-43H. The molecular formula is C68H43N11. The minimum absolute atomic E-state index is 0.494. The summed E-state index contributed by atoms with van der Waals surface area (Å²) in [6.07, 6.45) is 3.68. The molecule has 14 rings (SSSR count). The van der Waals surface area contributed by atoms with Gasteiger partial charge in [-0.15, -0.1) is 0 Å². The number of pyridine rings is 1. The summed E-state index contributed by atoms with van der Waals surface area (Å²) in [5.41, 5.74) is 12.2. The lowest BCUT2D eigenvalue weighted by atomic mass is 9.96. The predicted octanol–water partition coefficient (Wildman–Crippen LogP) is 15.4. The van der Waals surface area contributed by atoms with Crippen molar-refractivity contribution in [3.63, 3.8) is 0 Å². The first-order valence-corrected chi connectivity index (χ1v) is 25.9. The van der Waals surface area contributed by atoms with Crippen LogP contribution < -0.4 is 0 Å². The lowest BCUT2D eigenvalue weighted by Crippen LogP contribution is -2.04. The number of benzene rings is 9. The molecule has 0 saturated carbocycles. The molecule has 0 N–H and O–H groups in total. The van der Waals surface area contributed by atoms with Crippen molar-refractivity contribution in [2.24, 2.45) is 0 Å². The van der Waals surface area contributed by atoms with Crippen LogP contribution in [0.4, 0.5) is 0 Å². The lowest BCUT2D eigenvalue weighted by molar-refractivity contribution is 1.07. The van der Waals surface area contributed by atoms with Gasteiger partial charge in [0.2, 0.25) is 0 Å². The second kappa shape index (κ2) is 20.2. The Morgan fingerprint density at radius 2 is 0.570 bits per heavy atom. The van der Waals surface area contributed by atoms with E-state index in [0.717, 1.165) is 88.7 Å². The lowest BCUT2D eigenvalue weighted by Gasteiger charge is -2.18. The molecule has 0 unspecified atom stereocenters. The summed E-state index contributed by atoms with van der Waals surface area (Å²) in [5.74, 6) is 5.00. The molecule has 370 valence electrons. The molecule has 11 nitrogen and oxygen atoms in total. The van der Waals surface area contributed by atoms with Gasteiger partial charge in [-0.1, -0.05) is 200 Å². The van der Waals surface area contributed by atoms with Crippen LogP contribution in [0.1, 0.15) is 0 Å². The van der Waals surface area contributed by atoms with Crippen LogP contribution >= 0.6 is 0 Å². The van der Waals surface area contributed by atoms with Crippen LogP contribution in [-0.4, -0.2) is 54.4 Å². The second-order valence-electron chi connectivity index (χ2n) is 18.9. The van der Waals surface area contributed by atoms with Crippen LogP contribution in [0.5, 0.6) is 0 Å². The second-order valence-corrected chi connectivity index (χ2v) is 18.9. The zero-order valence-electron chi connectivity index (χ0n) is 42.2. The molecule has 0 aliphatic carbocycles. The molecule has 0 spiro atoms. The van der Waals surface area contributed by atoms with Gasteiger partial charge >= 0.3 is 0 Å². The van der Waals surface area contributed by atoms with E-state index in [1.807, 2.05) is 194 Å². The number of fused-ring (bicyclic) bond motifs is 3. The highest BCUT2D eigenvalue weighted by Crippen LogP contribution is 2.42. The number of nitrogens with zero attached hydrogens (tertiary/aromatic N) is 11. The maximum Gasteiger partial charge on any atom is 0.164 e. The Balaban J connectivity index is 1.01. The summed E-state index contributed by atoms with van der Waals surface area (Å²) in [7, 11) is 0. The zero-order valence-corrected chi connectivity index (χ0v) is 42.2. The van der Waals surface area contributed by atoms with Crippen LogP contribution in [0.25, 0.3) is 141 Å². The average molecular weight is 1010 g/mol. The number of hydrogen-bond donors (Lipinski definition) is 0. The van der Waals surface area contributed by atoms with E-state index in [-0.39, 0.29) is 0 Å². The fourth-order valence-electron chi connectivity index (χ4n) is 10.1. The molecule has 0 bridgehead atoms. The van der Waals surface area contributed by atoms with Crippen LogP contribution in [0, 0.1) is 0 Å². The largest absolute Gasteiger partial charge is 0.309 e. The Morgan fingerprint density at radius 1 is 0.228 bits per heavy atom. The van der Waals surface area contributed by atoms with Gasteiger partial charge in [0, 0.05) is 84.4 Å².